The Hall–Kier alpha value is -3.25. The molecule has 1 fully saturated rings. The van der Waals surface area contributed by atoms with Crippen molar-refractivity contribution in [2.75, 3.05) is 29.9 Å². The number of carbonyl (C=O) groups is 1. The number of benzene rings is 2. The number of hydrogen-bond acceptors (Lipinski definition) is 5. The van der Waals surface area contributed by atoms with Gasteiger partial charge in [0.05, 0.1) is 6.04 Å². The third kappa shape index (κ3) is 5.32. The Labute approximate surface area is 190 Å². The molecule has 1 aliphatic heterocycles. The maximum atomic E-state index is 13.6. The first-order chi connectivity index (χ1) is 15.6. The topological polar surface area (TPSA) is 70.2 Å². The van der Waals surface area contributed by atoms with Gasteiger partial charge < -0.3 is 10.6 Å². The molecule has 2 aromatic carbocycles. The molecule has 2 N–H and O–H groups in total. The molecule has 0 bridgehead atoms. The largest absolute Gasteiger partial charge is 0.348 e. The highest BCUT2D eigenvalue weighted by atomic mass is 16.2. The molecular weight excluding hydrogens is 398 g/mol. The van der Waals surface area contributed by atoms with E-state index in [1.165, 1.54) is 0 Å². The summed E-state index contributed by atoms with van der Waals surface area (Å²) in [5, 5.41) is 6.78. The molecule has 166 valence electrons. The van der Waals surface area contributed by atoms with Gasteiger partial charge in [-0.2, -0.15) is 4.98 Å². The number of nitrogens with one attached hydrogen (secondary N) is 2. The standard InChI is InChI=1S/C26H31N5O/c1-19-8-6-7-11-23(19)25(32)31(18-21-12-15-27-16-13-21)24-14-17-28-26(30-24)29-20(2)22-9-4-3-5-10-22/h3-11,14,17,20-21,27H,12-13,15-16,18H2,1-2H3,(H,28,29,30)/t20-/m0/s1. The summed E-state index contributed by atoms with van der Waals surface area (Å²) in [6, 6.07) is 19.8. The summed E-state index contributed by atoms with van der Waals surface area (Å²) < 4.78 is 0. The van der Waals surface area contributed by atoms with Crippen LogP contribution in [0.5, 0.6) is 0 Å². The molecule has 0 saturated carbocycles. The van der Waals surface area contributed by atoms with Crippen molar-refractivity contribution in [2.45, 2.75) is 32.7 Å². The van der Waals surface area contributed by atoms with Crippen LogP contribution in [0.1, 0.15) is 47.3 Å². The van der Waals surface area contributed by atoms with Gasteiger partial charge >= 0.3 is 0 Å². The molecule has 4 rings (SSSR count). The SMILES string of the molecule is Cc1ccccc1C(=O)N(CC1CCNCC1)c1ccnc(N[C@@H](C)c2ccccc2)n1. The summed E-state index contributed by atoms with van der Waals surface area (Å²) in [6.07, 6.45) is 3.83. The van der Waals surface area contributed by atoms with Crippen molar-refractivity contribution in [3.63, 3.8) is 0 Å². The van der Waals surface area contributed by atoms with E-state index >= 15 is 0 Å². The first-order valence-electron chi connectivity index (χ1n) is 11.3. The maximum absolute atomic E-state index is 13.6. The number of carbonyl (C=O) groups excluding carboxylic acids is 1. The average molecular weight is 430 g/mol. The van der Waals surface area contributed by atoms with Gasteiger partial charge in [0, 0.05) is 18.3 Å². The number of piperidine rings is 1. The van der Waals surface area contributed by atoms with Gasteiger partial charge in [-0.1, -0.05) is 48.5 Å². The maximum Gasteiger partial charge on any atom is 0.259 e. The highest BCUT2D eigenvalue weighted by molar-refractivity contribution is 6.06. The van der Waals surface area contributed by atoms with Crippen LogP contribution in [0.3, 0.4) is 0 Å². The van der Waals surface area contributed by atoms with Crippen molar-refractivity contribution in [3.8, 4) is 0 Å². The monoisotopic (exact) mass is 429 g/mol. The number of amides is 1. The molecular formula is C26H31N5O. The minimum absolute atomic E-state index is 0.0117. The fourth-order valence-electron chi connectivity index (χ4n) is 4.15. The van der Waals surface area contributed by atoms with E-state index in [1.54, 1.807) is 6.20 Å². The van der Waals surface area contributed by atoms with Gasteiger partial charge in [0.25, 0.3) is 5.91 Å². The predicted octanol–water partition coefficient (Wildman–Crippen LogP) is 4.60. The Morgan fingerprint density at radius 3 is 2.56 bits per heavy atom. The van der Waals surface area contributed by atoms with Gasteiger partial charge in [0.2, 0.25) is 5.95 Å². The first kappa shape index (κ1) is 22.0. The zero-order chi connectivity index (χ0) is 22.3. The summed E-state index contributed by atoms with van der Waals surface area (Å²) in [5.41, 5.74) is 2.84. The van der Waals surface area contributed by atoms with Crippen LogP contribution in [0.4, 0.5) is 11.8 Å². The molecule has 3 aromatic rings. The quantitative estimate of drug-likeness (QED) is 0.574. The molecule has 2 heterocycles. The minimum atomic E-state index is -0.0117. The van der Waals surface area contributed by atoms with Crippen LogP contribution in [0.15, 0.2) is 66.9 Å². The smallest absolute Gasteiger partial charge is 0.259 e. The zero-order valence-corrected chi connectivity index (χ0v) is 18.8. The van der Waals surface area contributed by atoms with Crippen LogP contribution in [0.2, 0.25) is 0 Å². The van der Waals surface area contributed by atoms with E-state index in [0.717, 1.165) is 37.1 Å². The Bertz CT molecular complexity index is 1030. The highest BCUT2D eigenvalue weighted by Crippen LogP contribution is 2.24. The van der Waals surface area contributed by atoms with Crippen LogP contribution >= 0.6 is 0 Å². The fourth-order valence-corrected chi connectivity index (χ4v) is 4.15. The highest BCUT2D eigenvalue weighted by Gasteiger charge is 2.25. The lowest BCUT2D eigenvalue weighted by atomic mass is 9.97. The summed E-state index contributed by atoms with van der Waals surface area (Å²) in [6.45, 7) is 6.69. The zero-order valence-electron chi connectivity index (χ0n) is 18.8. The number of nitrogens with zero attached hydrogens (tertiary/aromatic N) is 3. The van der Waals surface area contributed by atoms with Crippen LogP contribution in [-0.2, 0) is 0 Å². The third-order valence-electron chi connectivity index (χ3n) is 6.08. The van der Waals surface area contributed by atoms with Gasteiger partial charge in [-0.05, 0) is 69.0 Å². The van der Waals surface area contributed by atoms with Crippen molar-refractivity contribution < 1.29 is 4.79 Å². The molecule has 1 saturated heterocycles. The Kier molecular flexibility index (Phi) is 7.12. The van der Waals surface area contributed by atoms with Crippen molar-refractivity contribution in [3.05, 3.63) is 83.6 Å². The van der Waals surface area contributed by atoms with Crippen LogP contribution in [0.25, 0.3) is 0 Å². The minimum Gasteiger partial charge on any atom is -0.348 e. The normalized spacial score (nSPS) is 15.2. The lowest BCUT2D eigenvalue weighted by molar-refractivity contribution is 0.0979. The molecule has 6 heteroatoms. The average Bonchev–Trinajstić information content (AvgIpc) is 2.84. The van der Waals surface area contributed by atoms with E-state index in [9.17, 15) is 4.79 Å². The molecule has 32 heavy (non-hydrogen) atoms. The Morgan fingerprint density at radius 1 is 1.09 bits per heavy atom. The van der Waals surface area contributed by atoms with E-state index in [4.69, 9.17) is 4.98 Å². The van der Waals surface area contributed by atoms with Crippen LogP contribution in [0, 0.1) is 12.8 Å². The molecule has 0 spiro atoms. The molecule has 1 aromatic heterocycles. The van der Waals surface area contributed by atoms with Crippen molar-refractivity contribution in [1.29, 1.82) is 0 Å². The van der Waals surface area contributed by atoms with E-state index in [1.807, 2.05) is 60.4 Å². The lowest BCUT2D eigenvalue weighted by Gasteiger charge is -2.30. The molecule has 6 nitrogen and oxygen atoms in total. The number of aromatic nitrogens is 2. The molecule has 1 amide bonds. The number of hydrogen-bond donors (Lipinski definition) is 2. The van der Waals surface area contributed by atoms with E-state index in [-0.39, 0.29) is 11.9 Å². The predicted molar refractivity (Wildman–Crippen MR) is 129 cm³/mol. The summed E-state index contributed by atoms with van der Waals surface area (Å²) in [7, 11) is 0. The third-order valence-corrected chi connectivity index (χ3v) is 6.08. The summed E-state index contributed by atoms with van der Waals surface area (Å²) >= 11 is 0. The first-order valence-corrected chi connectivity index (χ1v) is 11.3. The molecule has 1 atom stereocenters. The Morgan fingerprint density at radius 2 is 1.81 bits per heavy atom. The van der Waals surface area contributed by atoms with Gasteiger partial charge in [0.1, 0.15) is 5.82 Å². The van der Waals surface area contributed by atoms with E-state index in [2.05, 4.69) is 34.7 Å². The lowest BCUT2D eigenvalue weighted by Crippen LogP contribution is -2.40. The van der Waals surface area contributed by atoms with Gasteiger partial charge in [-0.15, -0.1) is 0 Å². The van der Waals surface area contributed by atoms with Crippen LogP contribution in [-0.4, -0.2) is 35.5 Å². The summed E-state index contributed by atoms with van der Waals surface area (Å²) in [4.78, 5) is 24.6. The second-order valence-corrected chi connectivity index (χ2v) is 8.44. The molecule has 0 radical (unpaired) electrons. The van der Waals surface area contributed by atoms with Gasteiger partial charge in [0.15, 0.2) is 0 Å². The second-order valence-electron chi connectivity index (χ2n) is 8.44. The van der Waals surface area contributed by atoms with Crippen molar-refractivity contribution >= 4 is 17.7 Å². The number of aryl methyl sites for hydroxylation is 1. The van der Waals surface area contributed by atoms with Crippen molar-refractivity contribution in [1.82, 2.24) is 15.3 Å². The Balaban J connectivity index is 1.61. The molecule has 0 aliphatic carbocycles. The summed E-state index contributed by atoms with van der Waals surface area (Å²) in [5.74, 6) is 1.59. The van der Waals surface area contributed by atoms with E-state index < -0.39 is 0 Å². The fraction of sp³-hybridized carbons (Fsp3) is 0.346. The van der Waals surface area contributed by atoms with Gasteiger partial charge in [-0.25, -0.2) is 4.98 Å². The molecule has 1 aliphatic rings. The van der Waals surface area contributed by atoms with Crippen molar-refractivity contribution in [2.24, 2.45) is 5.92 Å². The number of anilines is 2. The molecule has 0 unspecified atom stereocenters. The van der Waals surface area contributed by atoms with E-state index in [0.29, 0.717) is 29.8 Å². The van der Waals surface area contributed by atoms with Gasteiger partial charge in [-0.3, -0.25) is 9.69 Å². The number of rotatable bonds is 7. The second kappa shape index (κ2) is 10.4. The van der Waals surface area contributed by atoms with Crippen LogP contribution < -0.4 is 15.5 Å².